The maximum atomic E-state index is 12.2. The summed E-state index contributed by atoms with van der Waals surface area (Å²) in [6.45, 7) is 6.88. The van der Waals surface area contributed by atoms with Gasteiger partial charge < -0.3 is 5.32 Å². The average Bonchev–Trinajstić information content (AvgIpc) is 2.08. The number of nitrogens with one attached hydrogen (secondary N) is 1. The van der Waals surface area contributed by atoms with Crippen molar-refractivity contribution >= 4 is 0 Å². The van der Waals surface area contributed by atoms with E-state index in [9.17, 15) is 13.2 Å². The predicted octanol–water partition coefficient (Wildman–Crippen LogP) is 2.26. The first-order chi connectivity index (χ1) is 6.87. The van der Waals surface area contributed by atoms with Crippen LogP contribution < -0.4 is 5.32 Å². The van der Waals surface area contributed by atoms with E-state index in [2.05, 4.69) is 5.32 Å². The van der Waals surface area contributed by atoms with Crippen LogP contribution in [0.4, 0.5) is 13.2 Å². The minimum absolute atomic E-state index is 0.0618. The summed E-state index contributed by atoms with van der Waals surface area (Å²) in [5, 5.41) is 3.10. The minimum Gasteiger partial charge on any atom is -0.317 e. The zero-order valence-corrected chi connectivity index (χ0v) is 9.69. The minimum atomic E-state index is -4.09. The van der Waals surface area contributed by atoms with Gasteiger partial charge in [-0.2, -0.15) is 13.2 Å². The molecule has 0 unspecified atom stereocenters. The van der Waals surface area contributed by atoms with Gasteiger partial charge in [0.25, 0.3) is 0 Å². The second-order valence-electron chi connectivity index (χ2n) is 3.89. The van der Waals surface area contributed by atoms with Crippen molar-refractivity contribution in [3.05, 3.63) is 0 Å². The summed E-state index contributed by atoms with van der Waals surface area (Å²) in [7, 11) is 0. The lowest BCUT2D eigenvalue weighted by molar-refractivity contribution is -0.149. The van der Waals surface area contributed by atoms with Crippen LogP contribution in [0.25, 0.3) is 0 Å². The van der Waals surface area contributed by atoms with Gasteiger partial charge in [0.05, 0.1) is 6.54 Å². The fourth-order valence-electron chi connectivity index (χ4n) is 1.33. The van der Waals surface area contributed by atoms with E-state index in [0.29, 0.717) is 6.54 Å². The Bertz CT molecular complexity index is 157. The Balaban J connectivity index is 3.84. The van der Waals surface area contributed by atoms with Gasteiger partial charge in [0.1, 0.15) is 0 Å². The first-order valence-electron chi connectivity index (χ1n) is 5.38. The van der Waals surface area contributed by atoms with Gasteiger partial charge >= 0.3 is 6.18 Å². The molecule has 0 saturated carbocycles. The third kappa shape index (κ3) is 8.69. The van der Waals surface area contributed by atoms with Crippen LogP contribution in [-0.4, -0.2) is 43.3 Å². The van der Waals surface area contributed by atoms with Gasteiger partial charge in [0.2, 0.25) is 0 Å². The molecule has 0 bridgehead atoms. The van der Waals surface area contributed by atoms with Gasteiger partial charge in [0.15, 0.2) is 0 Å². The van der Waals surface area contributed by atoms with Crippen molar-refractivity contribution < 1.29 is 13.2 Å². The van der Waals surface area contributed by atoms with Crippen molar-refractivity contribution in [3.8, 4) is 0 Å². The first-order valence-corrected chi connectivity index (χ1v) is 5.38. The largest absolute Gasteiger partial charge is 0.401 e. The molecule has 0 aliphatic carbocycles. The molecule has 0 atom stereocenters. The van der Waals surface area contributed by atoms with Crippen LogP contribution >= 0.6 is 0 Å². The molecule has 1 N–H and O–H groups in total. The van der Waals surface area contributed by atoms with E-state index in [0.717, 1.165) is 19.5 Å². The topological polar surface area (TPSA) is 15.3 Å². The molecule has 0 radical (unpaired) electrons. The van der Waals surface area contributed by atoms with Crippen LogP contribution in [0.15, 0.2) is 0 Å². The van der Waals surface area contributed by atoms with Crippen molar-refractivity contribution in [3.63, 3.8) is 0 Å². The molecular weight excluding hydrogens is 205 g/mol. The molecule has 2 nitrogen and oxygen atoms in total. The summed E-state index contributed by atoms with van der Waals surface area (Å²) in [6.07, 6.45) is -3.34. The molecule has 0 heterocycles. The molecular formula is C10H21F3N2. The molecule has 15 heavy (non-hydrogen) atoms. The third-order valence-corrected chi connectivity index (χ3v) is 2.16. The van der Waals surface area contributed by atoms with E-state index in [1.165, 1.54) is 4.90 Å². The van der Waals surface area contributed by atoms with Crippen LogP contribution in [0, 0.1) is 0 Å². The average molecular weight is 226 g/mol. The molecule has 0 fully saturated rings. The third-order valence-electron chi connectivity index (χ3n) is 2.16. The highest BCUT2D eigenvalue weighted by atomic mass is 19.4. The molecule has 0 rings (SSSR count). The Kier molecular flexibility index (Phi) is 6.92. The van der Waals surface area contributed by atoms with Gasteiger partial charge in [-0.05, 0) is 39.9 Å². The summed E-state index contributed by atoms with van der Waals surface area (Å²) in [6, 6.07) is -0.0618. The van der Waals surface area contributed by atoms with E-state index in [1.54, 1.807) is 13.8 Å². The second kappa shape index (κ2) is 7.06. The molecule has 5 heteroatoms. The highest BCUT2D eigenvalue weighted by Crippen LogP contribution is 2.17. The monoisotopic (exact) mass is 226 g/mol. The summed E-state index contributed by atoms with van der Waals surface area (Å²) >= 11 is 0. The molecule has 92 valence electrons. The first kappa shape index (κ1) is 14.7. The number of halogens is 3. The van der Waals surface area contributed by atoms with E-state index in [1.807, 2.05) is 6.92 Å². The van der Waals surface area contributed by atoms with Gasteiger partial charge in [-0.15, -0.1) is 0 Å². The van der Waals surface area contributed by atoms with Crippen molar-refractivity contribution in [2.45, 2.75) is 39.4 Å². The lowest BCUT2D eigenvalue weighted by Crippen LogP contribution is -2.40. The number of alkyl halides is 3. The number of rotatable bonds is 7. The Morgan fingerprint density at radius 2 is 1.87 bits per heavy atom. The van der Waals surface area contributed by atoms with Crippen LogP contribution in [0.2, 0.25) is 0 Å². The summed E-state index contributed by atoms with van der Waals surface area (Å²) in [5.74, 6) is 0. The molecule has 0 aliphatic rings. The Morgan fingerprint density at radius 1 is 1.27 bits per heavy atom. The van der Waals surface area contributed by atoms with E-state index < -0.39 is 12.7 Å². The standard InChI is InChI=1S/C10H21F3N2/c1-4-14-6-5-7-15(9(2)3)8-10(11,12)13/h9,14H,4-8H2,1-3H3. The zero-order valence-electron chi connectivity index (χ0n) is 9.69. The SMILES string of the molecule is CCNCCCN(CC(F)(F)F)C(C)C. The fourth-order valence-corrected chi connectivity index (χ4v) is 1.33. The maximum absolute atomic E-state index is 12.2. The van der Waals surface area contributed by atoms with Crippen molar-refractivity contribution in [2.75, 3.05) is 26.2 Å². The van der Waals surface area contributed by atoms with Crippen molar-refractivity contribution in [2.24, 2.45) is 0 Å². The fraction of sp³-hybridized carbons (Fsp3) is 1.00. The highest BCUT2D eigenvalue weighted by Gasteiger charge is 2.31. The van der Waals surface area contributed by atoms with E-state index in [4.69, 9.17) is 0 Å². The zero-order chi connectivity index (χ0) is 11.9. The van der Waals surface area contributed by atoms with Crippen molar-refractivity contribution in [1.82, 2.24) is 10.2 Å². The van der Waals surface area contributed by atoms with Gasteiger partial charge in [-0.25, -0.2) is 0 Å². The summed E-state index contributed by atoms with van der Waals surface area (Å²) in [5.41, 5.74) is 0. The molecule has 0 spiro atoms. The van der Waals surface area contributed by atoms with Crippen LogP contribution in [0.1, 0.15) is 27.2 Å². The maximum Gasteiger partial charge on any atom is 0.401 e. The lowest BCUT2D eigenvalue weighted by atomic mass is 10.2. The summed E-state index contributed by atoms with van der Waals surface area (Å²) in [4.78, 5) is 1.46. The smallest absolute Gasteiger partial charge is 0.317 e. The number of hydrogen-bond acceptors (Lipinski definition) is 2. The highest BCUT2D eigenvalue weighted by molar-refractivity contribution is 4.67. The molecule has 0 aromatic rings. The second-order valence-corrected chi connectivity index (χ2v) is 3.89. The number of nitrogens with zero attached hydrogens (tertiary/aromatic N) is 1. The quantitative estimate of drug-likeness (QED) is 0.670. The van der Waals surface area contributed by atoms with E-state index >= 15 is 0 Å². The van der Waals surface area contributed by atoms with Crippen molar-refractivity contribution in [1.29, 1.82) is 0 Å². The molecule has 0 saturated heterocycles. The normalized spacial score (nSPS) is 12.8. The molecule has 0 aliphatic heterocycles. The van der Waals surface area contributed by atoms with Gasteiger partial charge in [0, 0.05) is 6.04 Å². The number of hydrogen-bond donors (Lipinski definition) is 1. The van der Waals surface area contributed by atoms with Gasteiger partial charge in [-0.3, -0.25) is 4.90 Å². The lowest BCUT2D eigenvalue weighted by Gasteiger charge is -2.27. The Hall–Kier alpha value is -0.290. The summed E-state index contributed by atoms with van der Waals surface area (Å²) < 4.78 is 36.6. The molecule has 0 aromatic carbocycles. The van der Waals surface area contributed by atoms with Crippen LogP contribution in [-0.2, 0) is 0 Å². The van der Waals surface area contributed by atoms with E-state index in [-0.39, 0.29) is 6.04 Å². The van der Waals surface area contributed by atoms with Gasteiger partial charge in [-0.1, -0.05) is 6.92 Å². The Morgan fingerprint density at radius 3 is 2.27 bits per heavy atom. The predicted molar refractivity (Wildman–Crippen MR) is 55.9 cm³/mol. The Labute approximate surface area is 89.8 Å². The molecule has 0 amide bonds. The van der Waals surface area contributed by atoms with Crippen LogP contribution in [0.3, 0.4) is 0 Å². The van der Waals surface area contributed by atoms with Crippen LogP contribution in [0.5, 0.6) is 0 Å². The molecule has 0 aromatic heterocycles.